The summed E-state index contributed by atoms with van der Waals surface area (Å²) < 4.78 is 0. The number of thioether (sulfide) groups is 1. The molecule has 0 spiro atoms. The summed E-state index contributed by atoms with van der Waals surface area (Å²) in [6.45, 7) is 0. The van der Waals surface area contributed by atoms with Gasteiger partial charge in [0.05, 0.1) is 4.91 Å². The number of amides is 1. The van der Waals surface area contributed by atoms with Crippen molar-refractivity contribution < 1.29 is 19.2 Å². The Balaban J connectivity index is 3.05. The summed E-state index contributed by atoms with van der Waals surface area (Å²) in [5.41, 5.74) is -0.0490. The highest BCUT2D eigenvalue weighted by Crippen LogP contribution is 2.33. The van der Waals surface area contributed by atoms with Crippen LogP contribution in [-0.2, 0) is 19.2 Å². The number of rotatable bonds is 4. The van der Waals surface area contributed by atoms with E-state index in [9.17, 15) is 19.2 Å². The Bertz CT molecular complexity index is 299. The van der Waals surface area contributed by atoms with Crippen LogP contribution < -0.4 is 0 Å². The molecular weight excluding hydrogens is 194 g/mol. The Hall–Kier alpha value is -1.43. The second-order valence-corrected chi connectivity index (χ2v) is 3.30. The molecule has 0 bridgehead atoms. The topological polar surface area (TPSA) is 71.5 Å². The molecule has 1 heterocycles. The van der Waals surface area contributed by atoms with E-state index in [1.165, 1.54) is 0 Å². The molecule has 0 aliphatic carbocycles. The average molecular weight is 199 g/mol. The molecule has 68 valence electrons. The van der Waals surface area contributed by atoms with Gasteiger partial charge in [0.2, 0.25) is 6.41 Å². The van der Waals surface area contributed by atoms with Crippen LogP contribution in [0.4, 0.5) is 0 Å². The van der Waals surface area contributed by atoms with Crippen molar-refractivity contribution in [1.82, 2.24) is 4.90 Å². The molecule has 0 aromatic rings. The molecule has 0 N–H and O–H groups in total. The van der Waals surface area contributed by atoms with Crippen molar-refractivity contribution in [3.63, 3.8) is 0 Å². The van der Waals surface area contributed by atoms with Crippen molar-refractivity contribution in [2.24, 2.45) is 0 Å². The minimum atomic E-state index is -0.794. The van der Waals surface area contributed by atoms with Gasteiger partial charge < -0.3 is 4.79 Å². The van der Waals surface area contributed by atoms with Crippen LogP contribution in [0.2, 0.25) is 0 Å². The maximum absolute atomic E-state index is 10.5. The summed E-state index contributed by atoms with van der Waals surface area (Å²) in [5.74, 6) is 0. The van der Waals surface area contributed by atoms with Crippen molar-refractivity contribution in [2.45, 2.75) is 5.37 Å². The monoisotopic (exact) mass is 199 g/mol. The van der Waals surface area contributed by atoms with Crippen molar-refractivity contribution in [1.29, 1.82) is 0 Å². The Labute approximate surface area is 77.8 Å². The normalized spacial score (nSPS) is 21.5. The van der Waals surface area contributed by atoms with Gasteiger partial charge in [0.15, 0.2) is 18.9 Å². The van der Waals surface area contributed by atoms with Gasteiger partial charge in [0.25, 0.3) is 0 Å². The number of allylic oxidation sites excluding steroid dienone is 2. The first-order chi connectivity index (χ1) is 6.28. The first-order valence-electron chi connectivity index (χ1n) is 3.28. The standard InChI is InChI=1S/C7H5NO4S/c9-1-5-6(2-10)13-7(3-11)8(5)4-12/h1-4,7H. The molecule has 6 heteroatoms. The van der Waals surface area contributed by atoms with Gasteiger partial charge in [0.1, 0.15) is 11.1 Å². The zero-order valence-corrected chi connectivity index (χ0v) is 7.19. The van der Waals surface area contributed by atoms with Crippen LogP contribution in [0.5, 0.6) is 0 Å². The summed E-state index contributed by atoms with van der Waals surface area (Å²) in [6, 6.07) is 0. The lowest BCUT2D eigenvalue weighted by Gasteiger charge is -2.13. The first kappa shape index (κ1) is 9.66. The van der Waals surface area contributed by atoms with E-state index in [-0.39, 0.29) is 10.6 Å². The first-order valence-corrected chi connectivity index (χ1v) is 4.16. The van der Waals surface area contributed by atoms with Crippen LogP contribution in [0.25, 0.3) is 0 Å². The highest BCUT2D eigenvalue weighted by Gasteiger charge is 2.31. The molecule has 0 saturated heterocycles. The van der Waals surface area contributed by atoms with Gasteiger partial charge in [-0.3, -0.25) is 19.3 Å². The summed E-state index contributed by atoms with van der Waals surface area (Å²) in [6.07, 6.45) is 1.69. The molecule has 5 nitrogen and oxygen atoms in total. The smallest absolute Gasteiger partial charge is 0.215 e. The second-order valence-electron chi connectivity index (χ2n) is 2.14. The molecule has 0 fully saturated rings. The van der Waals surface area contributed by atoms with Gasteiger partial charge in [-0.05, 0) is 0 Å². The van der Waals surface area contributed by atoms with E-state index in [1.807, 2.05) is 0 Å². The van der Waals surface area contributed by atoms with Gasteiger partial charge >= 0.3 is 0 Å². The lowest BCUT2D eigenvalue weighted by atomic mass is 10.4. The Kier molecular flexibility index (Phi) is 2.97. The Morgan fingerprint density at radius 1 is 1.15 bits per heavy atom. The van der Waals surface area contributed by atoms with E-state index in [2.05, 4.69) is 0 Å². The minimum absolute atomic E-state index is 0.0490. The second kappa shape index (κ2) is 3.99. The van der Waals surface area contributed by atoms with Crippen molar-refractivity contribution in [2.75, 3.05) is 0 Å². The van der Waals surface area contributed by atoms with E-state index >= 15 is 0 Å². The minimum Gasteiger partial charge on any atom is -0.300 e. The van der Waals surface area contributed by atoms with Crippen LogP contribution in [-0.4, -0.2) is 35.5 Å². The molecule has 1 rings (SSSR count). The van der Waals surface area contributed by atoms with Gasteiger partial charge in [-0.2, -0.15) is 0 Å². The molecule has 0 aromatic heterocycles. The van der Waals surface area contributed by atoms with Gasteiger partial charge in [-0.25, -0.2) is 0 Å². The highest BCUT2D eigenvalue weighted by atomic mass is 32.2. The third kappa shape index (κ3) is 1.52. The van der Waals surface area contributed by atoms with Crippen molar-refractivity contribution in [3.8, 4) is 0 Å². The Morgan fingerprint density at radius 3 is 2.23 bits per heavy atom. The zero-order valence-electron chi connectivity index (χ0n) is 6.38. The molecule has 0 aromatic carbocycles. The molecule has 0 radical (unpaired) electrons. The van der Waals surface area contributed by atoms with Gasteiger partial charge in [-0.15, -0.1) is 0 Å². The summed E-state index contributed by atoms with van der Waals surface area (Å²) >= 11 is 0.883. The number of nitrogens with zero attached hydrogens (tertiary/aromatic N) is 1. The maximum atomic E-state index is 10.5. The molecule has 0 saturated carbocycles. The fourth-order valence-electron chi connectivity index (χ4n) is 0.929. The quantitative estimate of drug-likeness (QED) is 0.561. The maximum Gasteiger partial charge on any atom is 0.215 e. The molecule has 1 unspecified atom stereocenters. The number of aldehydes is 3. The van der Waals surface area contributed by atoms with Crippen LogP contribution in [0.3, 0.4) is 0 Å². The molecule has 13 heavy (non-hydrogen) atoms. The van der Waals surface area contributed by atoms with E-state index in [4.69, 9.17) is 0 Å². The predicted molar refractivity (Wildman–Crippen MR) is 44.5 cm³/mol. The van der Waals surface area contributed by atoms with Gasteiger partial charge in [-0.1, -0.05) is 11.8 Å². The fraction of sp³-hybridized carbons (Fsp3) is 0.143. The number of hydrogen-bond donors (Lipinski definition) is 0. The highest BCUT2D eigenvalue weighted by molar-refractivity contribution is 8.05. The molecule has 1 atom stereocenters. The molecule has 1 amide bonds. The van der Waals surface area contributed by atoms with Crippen LogP contribution >= 0.6 is 11.8 Å². The van der Waals surface area contributed by atoms with Crippen LogP contribution in [0.1, 0.15) is 0 Å². The van der Waals surface area contributed by atoms with E-state index in [0.717, 1.165) is 16.7 Å². The van der Waals surface area contributed by atoms with E-state index < -0.39 is 5.37 Å². The van der Waals surface area contributed by atoms with Crippen molar-refractivity contribution >= 4 is 37.0 Å². The predicted octanol–water partition coefficient (Wildman–Crippen LogP) is -0.674. The summed E-state index contributed by atoms with van der Waals surface area (Å²) in [5, 5.41) is -0.794. The molecule has 1 aliphatic heterocycles. The van der Waals surface area contributed by atoms with Crippen LogP contribution in [0.15, 0.2) is 10.6 Å². The SMILES string of the molecule is O=CC1=C(C=O)N(C=O)C(C=O)S1. The fourth-order valence-corrected chi connectivity index (χ4v) is 1.85. The largest absolute Gasteiger partial charge is 0.300 e. The Morgan fingerprint density at radius 2 is 1.85 bits per heavy atom. The number of carbonyl (C=O) groups is 4. The number of carbonyl (C=O) groups excluding carboxylic acids is 4. The lowest BCUT2D eigenvalue weighted by molar-refractivity contribution is -0.122. The summed E-state index contributed by atoms with van der Waals surface area (Å²) in [4.78, 5) is 42.8. The molecular formula is C7H5NO4S. The van der Waals surface area contributed by atoms with Gasteiger partial charge in [0, 0.05) is 0 Å². The molecule has 1 aliphatic rings. The average Bonchev–Trinajstić information content (AvgIpc) is 2.54. The third-order valence-corrected chi connectivity index (χ3v) is 2.64. The summed E-state index contributed by atoms with van der Waals surface area (Å²) in [7, 11) is 0. The lowest BCUT2D eigenvalue weighted by Crippen LogP contribution is -2.28. The van der Waals surface area contributed by atoms with E-state index in [1.54, 1.807) is 0 Å². The zero-order chi connectivity index (χ0) is 9.84. The van der Waals surface area contributed by atoms with Crippen LogP contribution in [0, 0.1) is 0 Å². The van der Waals surface area contributed by atoms with Crippen molar-refractivity contribution in [3.05, 3.63) is 10.6 Å². The van der Waals surface area contributed by atoms with E-state index in [0.29, 0.717) is 25.3 Å². The number of hydrogen-bond acceptors (Lipinski definition) is 5. The third-order valence-electron chi connectivity index (χ3n) is 1.50.